The largest absolute Gasteiger partial charge is 0.370 e. The first-order valence-electron chi connectivity index (χ1n) is 6.99. The van der Waals surface area contributed by atoms with Gasteiger partial charge in [-0.25, -0.2) is 4.39 Å². The smallest absolute Gasteiger partial charge is 0.270 e. The molecule has 2 aromatic rings. The molecular weight excluding hydrogens is 337 g/mol. The lowest BCUT2D eigenvalue weighted by atomic mass is 10.1. The van der Waals surface area contributed by atoms with Crippen molar-refractivity contribution in [2.45, 2.75) is 6.54 Å². The van der Waals surface area contributed by atoms with Gasteiger partial charge in [-0.1, -0.05) is 17.7 Å². The van der Waals surface area contributed by atoms with Crippen LogP contribution in [0.2, 0.25) is 5.02 Å². The van der Waals surface area contributed by atoms with Gasteiger partial charge in [0.1, 0.15) is 5.82 Å². The number of non-ortho nitro benzene ring substituents is 1. The van der Waals surface area contributed by atoms with Gasteiger partial charge in [0.25, 0.3) is 11.6 Å². The van der Waals surface area contributed by atoms with Crippen LogP contribution < -0.4 is 10.2 Å². The van der Waals surface area contributed by atoms with E-state index in [-0.39, 0.29) is 16.3 Å². The van der Waals surface area contributed by atoms with E-state index in [1.54, 1.807) is 18.0 Å². The third-order valence-corrected chi connectivity index (χ3v) is 3.78. The maximum Gasteiger partial charge on any atom is 0.270 e. The third-order valence-electron chi connectivity index (χ3n) is 3.48. The first-order valence-corrected chi connectivity index (χ1v) is 7.37. The molecule has 0 aliphatic carbocycles. The zero-order chi connectivity index (χ0) is 17.9. The lowest BCUT2D eigenvalue weighted by Gasteiger charge is -2.22. The molecule has 2 aromatic carbocycles. The second-order valence-electron chi connectivity index (χ2n) is 5.14. The minimum Gasteiger partial charge on any atom is -0.370 e. The number of nitro groups is 1. The summed E-state index contributed by atoms with van der Waals surface area (Å²) in [6.07, 6.45) is 0. The molecule has 0 aliphatic heterocycles. The summed E-state index contributed by atoms with van der Waals surface area (Å²) >= 11 is 5.66. The van der Waals surface area contributed by atoms with Gasteiger partial charge in [0.05, 0.1) is 21.2 Å². The van der Waals surface area contributed by atoms with Gasteiger partial charge in [0, 0.05) is 32.8 Å². The highest BCUT2D eigenvalue weighted by molar-refractivity contribution is 6.30. The average Bonchev–Trinajstić information content (AvgIpc) is 2.56. The molecule has 24 heavy (non-hydrogen) atoms. The molecule has 8 heteroatoms. The minimum absolute atomic E-state index is 0.0304. The Kier molecular flexibility index (Phi) is 5.35. The van der Waals surface area contributed by atoms with Gasteiger partial charge in [-0.2, -0.15) is 0 Å². The van der Waals surface area contributed by atoms with E-state index in [1.165, 1.54) is 37.4 Å². The molecule has 0 bridgehead atoms. The van der Waals surface area contributed by atoms with Crippen molar-refractivity contribution in [3.05, 3.63) is 68.5 Å². The molecule has 6 nitrogen and oxygen atoms in total. The number of nitrogens with zero attached hydrogens (tertiary/aromatic N) is 2. The Bertz CT molecular complexity index is 798. The normalized spacial score (nSPS) is 10.3. The van der Waals surface area contributed by atoms with Gasteiger partial charge >= 0.3 is 0 Å². The molecule has 0 radical (unpaired) electrons. The fourth-order valence-corrected chi connectivity index (χ4v) is 2.40. The first kappa shape index (κ1) is 17.7. The van der Waals surface area contributed by atoms with Crippen molar-refractivity contribution >= 4 is 28.9 Å². The SMILES string of the molecule is CNC(=O)c1cc([N+](=O)[O-])ccc1N(C)Cc1ccc(Cl)c(F)c1. The molecule has 1 amide bonds. The van der Waals surface area contributed by atoms with Crippen LogP contribution in [0.15, 0.2) is 36.4 Å². The molecule has 2 rings (SSSR count). The number of benzene rings is 2. The zero-order valence-corrected chi connectivity index (χ0v) is 13.8. The van der Waals surface area contributed by atoms with Crippen LogP contribution >= 0.6 is 11.6 Å². The molecule has 0 saturated heterocycles. The fraction of sp³-hybridized carbons (Fsp3) is 0.188. The van der Waals surface area contributed by atoms with E-state index in [1.807, 2.05) is 0 Å². The number of hydrogen-bond donors (Lipinski definition) is 1. The van der Waals surface area contributed by atoms with E-state index in [9.17, 15) is 19.3 Å². The Balaban J connectivity index is 2.36. The van der Waals surface area contributed by atoms with Crippen molar-refractivity contribution in [2.24, 2.45) is 0 Å². The summed E-state index contributed by atoms with van der Waals surface area (Å²) in [5.74, 6) is -0.972. The second kappa shape index (κ2) is 7.27. The van der Waals surface area contributed by atoms with Crippen molar-refractivity contribution in [3.63, 3.8) is 0 Å². The molecule has 0 atom stereocenters. The Morgan fingerprint density at radius 1 is 1.33 bits per heavy atom. The van der Waals surface area contributed by atoms with E-state index in [0.717, 1.165) is 0 Å². The molecule has 1 N–H and O–H groups in total. The zero-order valence-electron chi connectivity index (χ0n) is 13.0. The van der Waals surface area contributed by atoms with Crippen LogP contribution in [0.4, 0.5) is 15.8 Å². The number of carbonyl (C=O) groups excluding carboxylic acids is 1. The Hall–Kier alpha value is -2.67. The monoisotopic (exact) mass is 351 g/mol. The molecular formula is C16H15ClFN3O3. The predicted octanol–water partition coefficient (Wildman–Crippen LogP) is 3.38. The molecule has 0 fully saturated rings. The molecule has 0 heterocycles. The number of amides is 1. The van der Waals surface area contributed by atoms with Crippen LogP contribution in [0, 0.1) is 15.9 Å². The molecule has 0 spiro atoms. The highest BCUT2D eigenvalue weighted by atomic mass is 35.5. The van der Waals surface area contributed by atoms with E-state index in [4.69, 9.17) is 11.6 Å². The van der Waals surface area contributed by atoms with Gasteiger partial charge in [-0.05, 0) is 23.8 Å². The summed E-state index contributed by atoms with van der Waals surface area (Å²) < 4.78 is 13.5. The quantitative estimate of drug-likeness (QED) is 0.662. The number of carbonyl (C=O) groups is 1. The number of anilines is 1. The number of nitro benzene ring substituents is 1. The van der Waals surface area contributed by atoms with Gasteiger partial charge in [0.15, 0.2) is 0 Å². The number of hydrogen-bond acceptors (Lipinski definition) is 4. The fourth-order valence-electron chi connectivity index (χ4n) is 2.28. The molecule has 126 valence electrons. The van der Waals surface area contributed by atoms with E-state index in [0.29, 0.717) is 17.8 Å². The van der Waals surface area contributed by atoms with Crippen molar-refractivity contribution in [1.82, 2.24) is 5.32 Å². The first-order chi connectivity index (χ1) is 11.3. The summed E-state index contributed by atoms with van der Waals surface area (Å²) in [5.41, 5.74) is 1.14. The van der Waals surface area contributed by atoms with Crippen LogP contribution in [0.25, 0.3) is 0 Å². The Labute approximate surface area is 143 Å². The summed E-state index contributed by atoms with van der Waals surface area (Å²) in [7, 11) is 3.15. The van der Waals surface area contributed by atoms with Crippen molar-refractivity contribution in [2.75, 3.05) is 19.0 Å². The van der Waals surface area contributed by atoms with Crippen molar-refractivity contribution < 1.29 is 14.1 Å². The highest BCUT2D eigenvalue weighted by Gasteiger charge is 2.18. The van der Waals surface area contributed by atoms with Gasteiger partial charge < -0.3 is 10.2 Å². The van der Waals surface area contributed by atoms with E-state index >= 15 is 0 Å². The van der Waals surface area contributed by atoms with E-state index in [2.05, 4.69) is 5.32 Å². The summed E-state index contributed by atoms with van der Waals surface area (Å²) in [6.45, 7) is 0.301. The lowest BCUT2D eigenvalue weighted by Crippen LogP contribution is -2.24. The topological polar surface area (TPSA) is 75.5 Å². The lowest BCUT2D eigenvalue weighted by molar-refractivity contribution is -0.384. The maximum absolute atomic E-state index is 13.5. The predicted molar refractivity (Wildman–Crippen MR) is 90.0 cm³/mol. The van der Waals surface area contributed by atoms with E-state index < -0.39 is 16.6 Å². The van der Waals surface area contributed by atoms with Gasteiger partial charge in [-0.15, -0.1) is 0 Å². The van der Waals surface area contributed by atoms with Gasteiger partial charge in [-0.3, -0.25) is 14.9 Å². The van der Waals surface area contributed by atoms with Crippen molar-refractivity contribution in [1.29, 1.82) is 0 Å². The van der Waals surface area contributed by atoms with Crippen LogP contribution in [-0.2, 0) is 6.54 Å². The minimum atomic E-state index is -0.565. The van der Waals surface area contributed by atoms with Crippen LogP contribution in [0.1, 0.15) is 15.9 Å². The molecule has 0 saturated carbocycles. The summed E-state index contributed by atoms with van der Waals surface area (Å²) in [5, 5.41) is 13.4. The average molecular weight is 352 g/mol. The standard InChI is InChI=1S/C16H15ClFN3O3/c1-19-16(22)12-8-11(21(23)24)4-6-15(12)20(2)9-10-3-5-13(17)14(18)7-10/h3-8H,9H2,1-2H3,(H,19,22). The van der Waals surface area contributed by atoms with Crippen molar-refractivity contribution in [3.8, 4) is 0 Å². The van der Waals surface area contributed by atoms with Gasteiger partial charge in [0.2, 0.25) is 0 Å². The Morgan fingerprint density at radius 3 is 2.62 bits per heavy atom. The highest BCUT2D eigenvalue weighted by Crippen LogP contribution is 2.26. The van der Waals surface area contributed by atoms with Crippen LogP contribution in [-0.4, -0.2) is 24.9 Å². The maximum atomic E-state index is 13.5. The third kappa shape index (κ3) is 3.80. The van der Waals surface area contributed by atoms with Crippen LogP contribution in [0.5, 0.6) is 0 Å². The Morgan fingerprint density at radius 2 is 2.04 bits per heavy atom. The number of rotatable bonds is 5. The van der Waals surface area contributed by atoms with Crippen LogP contribution in [0.3, 0.4) is 0 Å². The molecule has 0 unspecified atom stereocenters. The molecule has 0 aromatic heterocycles. The molecule has 0 aliphatic rings. The summed E-state index contributed by atoms with van der Waals surface area (Å²) in [4.78, 5) is 24.1. The second-order valence-corrected chi connectivity index (χ2v) is 5.55. The number of halogens is 2. The summed E-state index contributed by atoms with van der Waals surface area (Å²) in [6, 6.07) is 8.47. The number of nitrogens with one attached hydrogen (secondary N) is 1.